The van der Waals surface area contributed by atoms with E-state index in [1.165, 1.54) is 0 Å². The first-order valence-corrected chi connectivity index (χ1v) is 6.08. The molecule has 1 saturated heterocycles. The Morgan fingerprint density at radius 2 is 2.17 bits per heavy atom. The number of aliphatic carboxylic acids is 1. The van der Waals surface area contributed by atoms with Crippen molar-refractivity contribution < 1.29 is 14.7 Å². The van der Waals surface area contributed by atoms with Crippen LogP contribution in [0.1, 0.15) is 42.0 Å². The summed E-state index contributed by atoms with van der Waals surface area (Å²) in [6.45, 7) is 3.70. The van der Waals surface area contributed by atoms with Crippen LogP contribution in [0.2, 0.25) is 0 Å². The molecule has 0 spiro atoms. The summed E-state index contributed by atoms with van der Waals surface area (Å²) in [5.74, 6) is -1.22. The van der Waals surface area contributed by atoms with Gasteiger partial charge >= 0.3 is 5.97 Å². The summed E-state index contributed by atoms with van der Waals surface area (Å²) in [6, 6.07) is 5.51. The summed E-state index contributed by atoms with van der Waals surface area (Å²) in [6.07, 6.45) is 0.384. The van der Waals surface area contributed by atoms with Gasteiger partial charge in [0.2, 0.25) is 5.91 Å². The first-order chi connectivity index (χ1) is 8.43. The number of nitrogens with one attached hydrogen (secondary N) is 1. The van der Waals surface area contributed by atoms with E-state index in [4.69, 9.17) is 0 Å². The molecule has 1 fully saturated rings. The smallest absolute Gasteiger partial charge is 0.311 e. The van der Waals surface area contributed by atoms with E-state index in [1.807, 2.05) is 25.1 Å². The van der Waals surface area contributed by atoms with E-state index in [1.54, 1.807) is 6.92 Å². The molecule has 2 bridgehead atoms. The number of hydrogen-bond donors (Lipinski definition) is 2. The van der Waals surface area contributed by atoms with Crippen LogP contribution in [0.15, 0.2) is 18.2 Å². The number of fused-ring (bicyclic) bond motifs is 2. The van der Waals surface area contributed by atoms with Crippen LogP contribution in [-0.2, 0) is 9.59 Å². The lowest BCUT2D eigenvalue weighted by Crippen LogP contribution is -2.55. The molecular formula is C14H15NO3. The fourth-order valence-electron chi connectivity index (χ4n) is 3.18. The average molecular weight is 245 g/mol. The molecule has 1 aromatic carbocycles. The van der Waals surface area contributed by atoms with E-state index in [2.05, 4.69) is 5.32 Å². The molecular weight excluding hydrogens is 230 g/mol. The Kier molecular flexibility index (Phi) is 2.09. The number of carbonyl (C=O) groups excluding carboxylic acids is 1. The van der Waals surface area contributed by atoms with Crippen LogP contribution >= 0.6 is 0 Å². The highest BCUT2D eigenvalue weighted by Gasteiger charge is 2.55. The van der Waals surface area contributed by atoms with Crippen molar-refractivity contribution in [3.63, 3.8) is 0 Å². The van der Waals surface area contributed by atoms with E-state index in [0.717, 1.165) is 16.7 Å². The number of carboxylic acids is 1. The fraction of sp³-hybridized carbons (Fsp3) is 0.429. The van der Waals surface area contributed by atoms with Crippen molar-refractivity contribution in [2.45, 2.75) is 32.2 Å². The summed E-state index contributed by atoms with van der Waals surface area (Å²) < 4.78 is 0. The number of piperidine rings is 1. The highest BCUT2D eigenvalue weighted by molar-refractivity contribution is 5.91. The van der Waals surface area contributed by atoms with Crippen LogP contribution in [0, 0.1) is 12.3 Å². The normalized spacial score (nSPS) is 32.9. The molecule has 2 unspecified atom stereocenters. The SMILES string of the molecule is Cc1ccc2c(c1)[C@@H]1CC(C)(C(=O)O)C2NC1=O. The zero-order valence-electron chi connectivity index (χ0n) is 10.4. The number of hydrogen-bond acceptors (Lipinski definition) is 2. The summed E-state index contributed by atoms with van der Waals surface area (Å²) in [5.41, 5.74) is 2.16. The van der Waals surface area contributed by atoms with Crippen LogP contribution in [0.4, 0.5) is 0 Å². The molecule has 3 aliphatic rings. The maximum atomic E-state index is 11.9. The number of carboxylic acid groups (broad SMARTS) is 1. The number of aryl methyl sites for hydroxylation is 1. The average Bonchev–Trinajstić information content (AvgIpc) is 2.31. The highest BCUT2D eigenvalue weighted by Crippen LogP contribution is 2.53. The molecule has 4 nitrogen and oxygen atoms in total. The Bertz CT molecular complexity index is 566. The third kappa shape index (κ3) is 1.26. The van der Waals surface area contributed by atoms with Crippen LogP contribution < -0.4 is 5.32 Å². The Labute approximate surface area is 105 Å². The monoisotopic (exact) mass is 245 g/mol. The van der Waals surface area contributed by atoms with Crippen LogP contribution in [0.5, 0.6) is 0 Å². The van der Waals surface area contributed by atoms with Gasteiger partial charge in [0.15, 0.2) is 0 Å². The molecule has 1 aromatic rings. The summed E-state index contributed by atoms with van der Waals surface area (Å²) in [5, 5.41) is 12.3. The number of rotatable bonds is 1. The molecule has 2 N–H and O–H groups in total. The zero-order chi connectivity index (χ0) is 13.1. The molecule has 0 radical (unpaired) electrons. The predicted octanol–water partition coefficient (Wildman–Crippen LogP) is 1.74. The van der Waals surface area contributed by atoms with Gasteiger partial charge in [-0.2, -0.15) is 0 Å². The Morgan fingerprint density at radius 1 is 1.44 bits per heavy atom. The van der Waals surface area contributed by atoms with Gasteiger partial charge in [0.05, 0.1) is 17.4 Å². The molecule has 0 saturated carbocycles. The lowest BCUT2D eigenvalue weighted by molar-refractivity contribution is -0.155. The second-order valence-electron chi connectivity index (χ2n) is 5.55. The molecule has 1 amide bonds. The molecule has 1 aliphatic carbocycles. The largest absolute Gasteiger partial charge is 0.481 e. The third-order valence-electron chi connectivity index (χ3n) is 4.29. The highest BCUT2D eigenvalue weighted by atomic mass is 16.4. The van der Waals surface area contributed by atoms with Crippen molar-refractivity contribution in [2.24, 2.45) is 5.41 Å². The lowest BCUT2D eigenvalue weighted by atomic mass is 9.61. The van der Waals surface area contributed by atoms with Crippen molar-refractivity contribution in [1.82, 2.24) is 5.32 Å². The van der Waals surface area contributed by atoms with Gasteiger partial charge in [-0.05, 0) is 31.4 Å². The number of benzene rings is 1. The van der Waals surface area contributed by atoms with Gasteiger partial charge in [-0.1, -0.05) is 23.8 Å². The van der Waals surface area contributed by atoms with Gasteiger partial charge in [-0.3, -0.25) is 9.59 Å². The number of carbonyl (C=O) groups is 2. The van der Waals surface area contributed by atoms with E-state index in [0.29, 0.717) is 6.42 Å². The Morgan fingerprint density at radius 3 is 2.83 bits per heavy atom. The van der Waals surface area contributed by atoms with Gasteiger partial charge in [-0.15, -0.1) is 0 Å². The first kappa shape index (κ1) is 11.3. The van der Waals surface area contributed by atoms with E-state index in [-0.39, 0.29) is 11.8 Å². The second-order valence-corrected chi connectivity index (χ2v) is 5.55. The Balaban J connectivity index is 2.20. The molecule has 4 heteroatoms. The van der Waals surface area contributed by atoms with Gasteiger partial charge in [0, 0.05) is 0 Å². The van der Waals surface area contributed by atoms with E-state index < -0.39 is 17.4 Å². The molecule has 4 rings (SSSR count). The first-order valence-electron chi connectivity index (χ1n) is 6.08. The number of amides is 1. The van der Waals surface area contributed by atoms with Crippen molar-refractivity contribution >= 4 is 11.9 Å². The Hall–Kier alpha value is -1.84. The third-order valence-corrected chi connectivity index (χ3v) is 4.29. The fourth-order valence-corrected chi connectivity index (χ4v) is 3.18. The predicted molar refractivity (Wildman–Crippen MR) is 65.2 cm³/mol. The van der Waals surface area contributed by atoms with Crippen LogP contribution in [0.25, 0.3) is 0 Å². The summed E-state index contributed by atoms with van der Waals surface area (Å²) >= 11 is 0. The van der Waals surface area contributed by atoms with Gasteiger partial charge < -0.3 is 10.4 Å². The maximum Gasteiger partial charge on any atom is 0.311 e. The molecule has 2 heterocycles. The van der Waals surface area contributed by atoms with E-state index in [9.17, 15) is 14.7 Å². The summed E-state index contributed by atoms with van der Waals surface area (Å²) in [7, 11) is 0. The van der Waals surface area contributed by atoms with Crippen molar-refractivity contribution in [2.75, 3.05) is 0 Å². The molecule has 3 atom stereocenters. The van der Waals surface area contributed by atoms with Crippen LogP contribution in [0.3, 0.4) is 0 Å². The van der Waals surface area contributed by atoms with Crippen molar-refractivity contribution in [3.05, 3.63) is 34.9 Å². The van der Waals surface area contributed by atoms with Gasteiger partial charge in [-0.25, -0.2) is 0 Å². The minimum absolute atomic E-state index is 0.0446. The quantitative estimate of drug-likeness (QED) is 0.792. The molecule has 0 aromatic heterocycles. The minimum Gasteiger partial charge on any atom is -0.481 e. The van der Waals surface area contributed by atoms with Crippen LogP contribution in [-0.4, -0.2) is 17.0 Å². The standard InChI is InChI=1S/C14H15NO3/c1-7-3-4-8-9(5-7)10-6-14(2,13(17)18)11(8)15-12(10)16/h3-5,10-11H,6H2,1-2H3,(H,15,16)(H,17,18)/t10-,11?,14?/m0/s1. The zero-order valence-corrected chi connectivity index (χ0v) is 10.4. The van der Waals surface area contributed by atoms with E-state index >= 15 is 0 Å². The maximum absolute atomic E-state index is 11.9. The lowest BCUT2D eigenvalue weighted by Gasteiger charge is -2.48. The van der Waals surface area contributed by atoms with Gasteiger partial charge in [0.1, 0.15) is 0 Å². The molecule has 18 heavy (non-hydrogen) atoms. The van der Waals surface area contributed by atoms with Crippen molar-refractivity contribution in [1.29, 1.82) is 0 Å². The van der Waals surface area contributed by atoms with Gasteiger partial charge in [0.25, 0.3) is 0 Å². The topological polar surface area (TPSA) is 66.4 Å². The minimum atomic E-state index is -0.902. The second kappa shape index (κ2) is 3.34. The molecule has 2 aliphatic heterocycles. The molecule has 94 valence electrons. The summed E-state index contributed by atoms with van der Waals surface area (Å²) in [4.78, 5) is 23.4. The van der Waals surface area contributed by atoms with Crippen molar-refractivity contribution in [3.8, 4) is 0 Å².